The van der Waals surface area contributed by atoms with Crippen molar-refractivity contribution in [2.75, 3.05) is 21.1 Å². The maximum atomic E-state index is 8.80. The number of rotatable bonds is 0. The molecule has 0 heterocycles. The van der Waals surface area contributed by atoms with Gasteiger partial charge in [0.05, 0.1) is 0 Å². The molecule has 0 aliphatic rings. The first-order valence-corrected chi connectivity index (χ1v) is 4.01. The number of hydrogen-bond donors (Lipinski definition) is 2. The summed E-state index contributed by atoms with van der Waals surface area (Å²) >= 11 is -5.12. The normalized spacial score (nSPS) is 10.4. The van der Waals surface area contributed by atoms with E-state index in [4.69, 9.17) is 16.0 Å². The van der Waals surface area contributed by atoms with E-state index in [1.165, 1.54) is 0 Å². The molecule has 0 aromatic carbocycles. The van der Waals surface area contributed by atoms with Crippen molar-refractivity contribution in [3.63, 3.8) is 0 Å². The van der Waals surface area contributed by atoms with Gasteiger partial charge in [0.15, 0.2) is 0 Å². The maximum absolute atomic E-state index is 8.80. The Kier molecular flexibility index (Phi) is 6.32. The van der Waals surface area contributed by atoms with Crippen LogP contribution < -0.4 is 0 Å². The zero-order chi connectivity index (χ0) is 8.08. The summed E-state index contributed by atoms with van der Waals surface area (Å²) in [4.78, 5) is 2.00. The van der Waals surface area contributed by atoms with Gasteiger partial charge in [-0.15, -0.1) is 0 Å². The predicted molar refractivity (Wildman–Crippen MR) is 25.4 cm³/mol. The van der Waals surface area contributed by atoms with E-state index in [0.717, 1.165) is 0 Å². The molecule has 0 atom stereocenters. The molecule has 5 nitrogen and oxygen atoms in total. The summed E-state index contributed by atoms with van der Waals surface area (Å²) < 4.78 is 31.8. The van der Waals surface area contributed by atoms with Crippen LogP contribution in [0.25, 0.3) is 0 Å². The molecule has 0 spiro atoms. The van der Waals surface area contributed by atoms with E-state index in [0.29, 0.717) is 0 Å². The molecule has 0 unspecified atom stereocenters. The summed E-state index contributed by atoms with van der Waals surface area (Å²) in [5, 5.41) is 0. The standard InChI is InChI=1S/C3H9N.Mn.2H2O.2O/c1-4(2)3;;;;;/h1-3H3;;2*1H2;;/q;+2;;;;/p-2. The average Bonchev–Trinajstić information content (AvgIpc) is 1.19. The van der Waals surface area contributed by atoms with Crippen molar-refractivity contribution in [2.45, 2.75) is 0 Å². The van der Waals surface area contributed by atoms with Gasteiger partial charge in [0, 0.05) is 0 Å². The second-order valence-electron chi connectivity index (χ2n) is 1.76. The van der Waals surface area contributed by atoms with E-state index in [1.54, 1.807) is 0 Å². The minimum atomic E-state index is -5.12. The van der Waals surface area contributed by atoms with Crippen LogP contribution in [0, 0.1) is 0 Å². The van der Waals surface area contributed by atoms with Gasteiger partial charge < -0.3 is 4.90 Å². The zero-order valence-electron chi connectivity index (χ0n) is 5.54. The molecule has 9 heavy (non-hydrogen) atoms. The summed E-state index contributed by atoms with van der Waals surface area (Å²) in [6.07, 6.45) is 0. The van der Waals surface area contributed by atoms with Gasteiger partial charge in [0.2, 0.25) is 0 Å². The van der Waals surface area contributed by atoms with Gasteiger partial charge in [-0.1, -0.05) is 0 Å². The molecule has 0 aromatic heterocycles. The van der Waals surface area contributed by atoms with Crippen LogP contribution in [-0.4, -0.2) is 34.4 Å². The van der Waals surface area contributed by atoms with Crippen LogP contribution in [0.5, 0.6) is 0 Å². The first-order valence-electron chi connectivity index (χ1n) is 1.99. The molecule has 0 fully saturated rings. The van der Waals surface area contributed by atoms with Gasteiger partial charge in [-0.2, -0.15) is 0 Å². The van der Waals surface area contributed by atoms with Crippen LogP contribution in [0.2, 0.25) is 0 Å². The molecule has 0 saturated carbocycles. The number of nitrogens with zero attached hydrogens (tertiary/aromatic N) is 1. The fraction of sp³-hybridized carbons (Fsp3) is 1.00. The Bertz CT molecular complexity index is 127. The van der Waals surface area contributed by atoms with Crippen molar-refractivity contribution in [1.29, 1.82) is 0 Å². The molecule has 2 N–H and O–H groups in total. The Balaban J connectivity index is 0. The van der Waals surface area contributed by atoms with Crippen molar-refractivity contribution in [1.82, 2.24) is 4.90 Å². The zero-order valence-corrected chi connectivity index (χ0v) is 6.72. The second kappa shape index (κ2) is 4.84. The molecule has 0 aromatic rings. The Labute approximate surface area is 56.2 Å². The van der Waals surface area contributed by atoms with E-state index in [-0.39, 0.29) is 0 Å². The van der Waals surface area contributed by atoms with Crippen LogP contribution in [0.4, 0.5) is 0 Å². The minimum absolute atomic E-state index is 2.00. The van der Waals surface area contributed by atoms with E-state index in [1.807, 2.05) is 26.0 Å². The second-order valence-corrected chi connectivity index (χ2v) is 3.05. The summed E-state index contributed by atoms with van der Waals surface area (Å²) in [5.74, 6) is 0. The van der Waals surface area contributed by atoms with Crippen LogP contribution in [-0.2, 0) is 21.0 Å². The van der Waals surface area contributed by atoms with Crippen molar-refractivity contribution in [3.8, 4) is 0 Å². The summed E-state index contributed by atoms with van der Waals surface area (Å²) in [7, 11) is 6.00. The predicted octanol–water partition coefficient (Wildman–Crippen LogP) is -1.18. The molecule has 0 rings (SSSR count). The number of hydrogen-bond acceptors (Lipinski definition) is 3. The van der Waals surface area contributed by atoms with E-state index < -0.39 is 13.4 Å². The third kappa shape index (κ3) is 1070000000. The van der Waals surface area contributed by atoms with Crippen LogP contribution in [0.15, 0.2) is 0 Å². The van der Waals surface area contributed by atoms with E-state index in [9.17, 15) is 0 Å². The fourth-order valence-electron chi connectivity index (χ4n) is 0. The van der Waals surface area contributed by atoms with Gasteiger partial charge in [0.25, 0.3) is 0 Å². The molecule has 0 saturated heterocycles. The molecule has 0 aliphatic carbocycles. The van der Waals surface area contributed by atoms with Crippen LogP contribution >= 0.6 is 0 Å². The topological polar surface area (TPSA) is 77.8 Å². The molecule has 59 valence electrons. The molecule has 0 radical (unpaired) electrons. The molecule has 6 heteroatoms. The molecule has 0 amide bonds. The first kappa shape index (κ1) is 11.8. The van der Waals surface area contributed by atoms with E-state index >= 15 is 0 Å². The fourth-order valence-corrected chi connectivity index (χ4v) is 0. The summed E-state index contributed by atoms with van der Waals surface area (Å²) in [6, 6.07) is 0. The van der Waals surface area contributed by atoms with Crippen molar-refractivity contribution in [3.05, 3.63) is 0 Å². The third-order valence-corrected chi connectivity index (χ3v) is 0. The molecular weight excluding hydrogens is 169 g/mol. The molecular formula is C3H11MnNO4. The monoisotopic (exact) mass is 180 g/mol. The van der Waals surface area contributed by atoms with Crippen LogP contribution in [0.3, 0.4) is 0 Å². The Morgan fingerprint density at radius 3 is 1.11 bits per heavy atom. The summed E-state index contributed by atoms with van der Waals surface area (Å²) in [6.45, 7) is 0. The van der Waals surface area contributed by atoms with E-state index in [2.05, 4.69) is 0 Å². The van der Waals surface area contributed by atoms with Gasteiger partial charge in [0.1, 0.15) is 0 Å². The van der Waals surface area contributed by atoms with Gasteiger partial charge in [-0.25, -0.2) is 0 Å². The van der Waals surface area contributed by atoms with Crippen LogP contribution in [0.1, 0.15) is 0 Å². The summed E-state index contributed by atoms with van der Waals surface area (Å²) in [5.41, 5.74) is 0. The third-order valence-electron chi connectivity index (χ3n) is 0. The van der Waals surface area contributed by atoms with Gasteiger partial charge in [-0.05, 0) is 21.1 Å². The van der Waals surface area contributed by atoms with Gasteiger partial charge in [-0.3, -0.25) is 0 Å². The van der Waals surface area contributed by atoms with Crippen molar-refractivity contribution in [2.24, 2.45) is 0 Å². The Hall–Kier alpha value is -0.000519. The van der Waals surface area contributed by atoms with Gasteiger partial charge >= 0.3 is 29.4 Å². The molecule has 0 bridgehead atoms. The average molecular weight is 180 g/mol. The molecule has 0 aliphatic heterocycles. The van der Waals surface area contributed by atoms with Crippen molar-refractivity contribution >= 4 is 0 Å². The first-order chi connectivity index (χ1) is 3.73. The Morgan fingerprint density at radius 2 is 1.11 bits per heavy atom. The van der Waals surface area contributed by atoms with Crippen molar-refractivity contribution < 1.29 is 29.4 Å². The quantitative estimate of drug-likeness (QED) is 0.459. The Morgan fingerprint density at radius 1 is 1.11 bits per heavy atom. The SMILES string of the molecule is CN(C)C.[O]=[Mn](=[O])([OH])[OH].